The molecule has 0 aliphatic carbocycles. The number of carbonyl (C=O) groups excluding carboxylic acids is 2. The number of amides is 2. The molecule has 1 unspecified atom stereocenters. The van der Waals surface area contributed by atoms with Crippen molar-refractivity contribution in [2.45, 2.75) is 6.10 Å². The predicted molar refractivity (Wildman–Crippen MR) is 93.3 cm³/mol. The first-order valence-corrected chi connectivity index (χ1v) is 9.29. The molecule has 0 radical (unpaired) electrons. The molecule has 27 heavy (non-hydrogen) atoms. The largest absolute Gasteiger partial charge is 0.394 e. The first-order valence-electron chi connectivity index (χ1n) is 9.29. The molecule has 0 spiro atoms. The number of ether oxygens (including phenoxy) is 5. The molecule has 0 saturated carbocycles. The minimum absolute atomic E-state index is 0.0273. The second kappa shape index (κ2) is 13.0. The maximum Gasteiger partial charge on any atom is 0.248 e. The zero-order valence-electron chi connectivity index (χ0n) is 15.7. The molecule has 2 heterocycles. The number of hydrogen-bond acceptors (Lipinski definition) is 8. The predicted octanol–water partition coefficient (Wildman–Crippen LogP) is -1.89. The van der Waals surface area contributed by atoms with Crippen LogP contribution in [0, 0.1) is 0 Å². The maximum atomic E-state index is 12.4. The van der Waals surface area contributed by atoms with Crippen LogP contribution in [0.15, 0.2) is 0 Å². The van der Waals surface area contributed by atoms with Crippen LogP contribution in [0.3, 0.4) is 0 Å². The lowest BCUT2D eigenvalue weighted by Crippen LogP contribution is -2.40. The minimum atomic E-state index is -0.670. The average molecular weight is 390 g/mol. The van der Waals surface area contributed by atoms with Crippen LogP contribution in [0.4, 0.5) is 0 Å². The van der Waals surface area contributed by atoms with Crippen LogP contribution in [-0.4, -0.2) is 125 Å². The third-order valence-corrected chi connectivity index (χ3v) is 4.28. The second-order valence-corrected chi connectivity index (χ2v) is 6.23. The molecule has 156 valence electrons. The van der Waals surface area contributed by atoms with Gasteiger partial charge in [-0.25, -0.2) is 0 Å². The summed E-state index contributed by atoms with van der Waals surface area (Å²) in [5.41, 5.74) is 0. The number of aliphatic hydroxyl groups is 1. The molecule has 2 fully saturated rings. The molecule has 2 aliphatic rings. The van der Waals surface area contributed by atoms with Crippen molar-refractivity contribution >= 4 is 11.8 Å². The highest BCUT2D eigenvalue weighted by Crippen LogP contribution is 2.01. The Morgan fingerprint density at radius 3 is 1.74 bits per heavy atom. The van der Waals surface area contributed by atoms with Crippen LogP contribution in [0.2, 0.25) is 0 Å². The summed E-state index contributed by atoms with van der Waals surface area (Å²) >= 11 is 0. The second-order valence-electron chi connectivity index (χ2n) is 6.23. The van der Waals surface area contributed by atoms with Gasteiger partial charge in [-0.3, -0.25) is 9.59 Å². The molecule has 2 aliphatic heterocycles. The fourth-order valence-electron chi connectivity index (χ4n) is 2.65. The van der Waals surface area contributed by atoms with E-state index < -0.39 is 6.10 Å². The number of carbonyl (C=O) groups is 2. The maximum absolute atomic E-state index is 12.4. The Kier molecular flexibility index (Phi) is 10.6. The van der Waals surface area contributed by atoms with Crippen molar-refractivity contribution in [2.24, 2.45) is 0 Å². The van der Waals surface area contributed by atoms with E-state index in [4.69, 9.17) is 23.7 Å². The third kappa shape index (κ3) is 8.50. The van der Waals surface area contributed by atoms with Crippen LogP contribution in [0.5, 0.6) is 0 Å². The molecular weight excluding hydrogens is 360 g/mol. The van der Waals surface area contributed by atoms with E-state index in [1.54, 1.807) is 9.80 Å². The molecule has 0 aromatic heterocycles. The van der Waals surface area contributed by atoms with Gasteiger partial charge in [0.15, 0.2) is 0 Å². The Morgan fingerprint density at radius 2 is 1.22 bits per heavy atom. The van der Waals surface area contributed by atoms with Gasteiger partial charge < -0.3 is 38.6 Å². The monoisotopic (exact) mass is 390 g/mol. The Morgan fingerprint density at radius 1 is 0.741 bits per heavy atom. The fourth-order valence-corrected chi connectivity index (χ4v) is 2.65. The zero-order valence-corrected chi connectivity index (χ0v) is 15.7. The Hall–Kier alpha value is -1.30. The van der Waals surface area contributed by atoms with Crippen molar-refractivity contribution < 1.29 is 38.4 Å². The van der Waals surface area contributed by atoms with Crippen molar-refractivity contribution in [3.05, 3.63) is 0 Å². The minimum Gasteiger partial charge on any atom is -0.394 e. The summed E-state index contributed by atoms with van der Waals surface area (Å²) in [4.78, 5) is 28.0. The number of nitrogens with zero attached hydrogens (tertiary/aromatic N) is 2. The van der Waals surface area contributed by atoms with E-state index in [0.717, 1.165) is 0 Å². The van der Waals surface area contributed by atoms with Gasteiger partial charge in [0.05, 0.1) is 52.9 Å². The van der Waals surface area contributed by atoms with E-state index in [9.17, 15) is 14.7 Å². The van der Waals surface area contributed by atoms with Gasteiger partial charge in [0.25, 0.3) is 0 Å². The highest BCUT2D eigenvalue weighted by molar-refractivity contribution is 5.78. The van der Waals surface area contributed by atoms with Gasteiger partial charge in [-0.05, 0) is 0 Å². The van der Waals surface area contributed by atoms with Gasteiger partial charge in [-0.1, -0.05) is 0 Å². The molecule has 0 aromatic rings. The summed E-state index contributed by atoms with van der Waals surface area (Å²) in [5, 5.41) is 9.39. The quantitative estimate of drug-likeness (QED) is 0.518. The van der Waals surface area contributed by atoms with E-state index in [2.05, 4.69) is 0 Å². The summed E-state index contributed by atoms with van der Waals surface area (Å²) in [6.45, 7) is 3.38. The summed E-state index contributed by atoms with van der Waals surface area (Å²) in [6.07, 6.45) is -0.670. The van der Waals surface area contributed by atoms with Crippen molar-refractivity contribution in [1.29, 1.82) is 0 Å². The average Bonchev–Trinajstić information content (AvgIpc) is 2.68. The van der Waals surface area contributed by atoms with Gasteiger partial charge in [0.1, 0.15) is 19.3 Å². The molecule has 2 rings (SSSR count). The Bertz CT molecular complexity index is 451. The summed E-state index contributed by atoms with van der Waals surface area (Å²) < 4.78 is 27.4. The topological polar surface area (TPSA) is 107 Å². The number of hydrogen-bond donors (Lipinski definition) is 1. The van der Waals surface area contributed by atoms with Crippen LogP contribution < -0.4 is 0 Å². The SMILES string of the molecule is O=C1COCC(CO)OCC(=O)N2CCOCCOCCN1CCOCC2. The van der Waals surface area contributed by atoms with Crippen LogP contribution in [0.25, 0.3) is 0 Å². The van der Waals surface area contributed by atoms with Gasteiger partial charge in [0.2, 0.25) is 11.8 Å². The van der Waals surface area contributed by atoms with Crippen molar-refractivity contribution in [3.8, 4) is 0 Å². The molecular formula is C17H30N2O8. The van der Waals surface area contributed by atoms with E-state index in [0.29, 0.717) is 65.8 Å². The van der Waals surface area contributed by atoms with Crippen LogP contribution >= 0.6 is 0 Å². The molecule has 0 aromatic carbocycles. The van der Waals surface area contributed by atoms with E-state index >= 15 is 0 Å². The van der Waals surface area contributed by atoms with E-state index in [1.165, 1.54) is 0 Å². The van der Waals surface area contributed by atoms with Crippen molar-refractivity contribution in [3.63, 3.8) is 0 Å². The molecule has 2 amide bonds. The fraction of sp³-hybridized carbons (Fsp3) is 0.882. The number of rotatable bonds is 1. The summed E-state index contributed by atoms with van der Waals surface area (Å²) in [5.74, 6) is -0.402. The number of fused-ring (bicyclic) bond motifs is 6. The standard InChI is InChI=1S/C17H30N2O8/c20-11-15-12-26-13-16(21)18-1-5-23-6-2-19(17(22)14-27-15)4-8-25-10-9-24-7-3-18/h15,20H,1-14H2. The Labute approximate surface area is 159 Å². The first-order chi connectivity index (χ1) is 13.2. The lowest BCUT2D eigenvalue weighted by molar-refractivity contribution is -0.145. The summed E-state index contributed by atoms with van der Waals surface area (Å²) in [6, 6.07) is 0. The van der Waals surface area contributed by atoms with Gasteiger partial charge >= 0.3 is 0 Å². The molecule has 1 atom stereocenters. The van der Waals surface area contributed by atoms with Gasteiger partial charge in [-0.15, -0.1) is 0 Å². The lowest BCUT2D eigenvalue weighted by Gasteiger charge is -2.24. The number of aliphatic hydroxyl groups excluding tert-OH is 1. The molecule has 10 heteroatoms. The molecule has 1 N–H and O–H groups in total. The van der Waals surface area contributed by atoms with E-state index in [-0.39, 0.29) is 38.2 Å². The van der Waals surface area contributed by atoms with Crippen LogP contribution in [0.1, 0.15) is 0 Å². The third-order valence-electron chi connectivity index (χ3n) is 4.28. The highest BCUT2D eigenvalue weighted by Gasteiger charge is 2.20. The van der Waals surface area contributed by atoms with Gasteiger partial charge in [0, 0.05) is 26.2 Å². The summed E-state index contributed by atoms with van der Waals surface area (Å²) in [7, 11) is 0. The highest BCUT2D eigenvalue weighted by atomic mass is 16.5. The van der Waals surface area contributed by atoms with Gasteiger partial charge in [-0.2, -0.15) is 0 Å². The lowest BCUT2D eigenvalue weighted by atomic mass is 10.4. The molecule has 2 bridgehead atoms. The smallest absolute Gasteiger partial charge is 0.248 e. The van der Waals surface area contributed by atoms with Crippen LogP contribution in [-0.2, 0) is 33.3 Å². The zero-order chi connectivity index (χ0) is 19.3. The van der Waals surface area contributed by atoms with Crippen molar-refractivity contribution in [2.75, 3.05) is 92.2 Å². The van der Waals surface area contributed by atoms with E-state index in [1.807, 2.05) is 0 Å². The molecule has 2 saturated heterocycles. The Balaban J connectivity index is 2.08. The van der Waals surface area contributed by atoms with Crippen molar-refractivity contribution in [1.82, 2.24) is 9.80 Å². The molecule has 10 nitrogen and oxygen atoms in total. The first kappa shape index (κ1) is 22.0. The normalized spacial score (nSPS) is 26.0.